The molecule has 0 fully saturated rings. The van der Waals surface area contributed by atoms with E-state index in [0.29, 0.717) is 17.1 Å². The van der Waals surface area contributed by atoms with Gasteiger partial charge in [-0.15, -0.1) is 0 Å². The maximum absolute atomic E-state index is 12.4. The molecule has 1 amide bonds. The van der Waals surface area contributed by atoms with Gasteiger partial charge in [-0.1, -0.05) is 23.8 Å². The SMILES string of the molecule is COc1cccc(OC)c1C(=O)Nc1ccc(C)cc1. The fourth-order valence-corrected chi connectivity index (χ4v) is 1.91. The van der Waals surface area contributed by atoms with E-state index in [1.807, 2.05) is 31.2 Å². The van der Waals surface area contributed by atoms with E-state index in [1.165, 1.54) is 14.2 Å². The van der Waals surface area contributed by atoms with Gasteiger partial charge in [0.2, 0.25) is 0 Å². The van der Waals surface area contributed by atoms with E-state index >= 15 is 0 Å². The molecule has 0 aliphatic rings. The predicted molar refractivity (Wildman–Crippen MR) is 78.7 cm³/mol. The Morgan fingerprint density at radius 1 is 0.950 bits per heavy atom. The first-order valence-corrected chi connectivity index (χ1v) is 6.24. The van der Waals surface area contributed by atoms with Crippen LogP contribution >= 0.6 is 0 Å². The number of aryl methyl sites for hydroxylation is 1. The van der Waals surface area contributed by atoms with Gasteiger partial charge < -0.3 is 14.8 Å². The van der Waals surface area contributed by atoms with Gasteiger partial charge in [0.1, 0.15) is 17.1 Å². The first-order valence-electron chi connectivity index (χ1n) is 6.24. The van der Waals surface area contributed by atoms with Gasteiger partial charge in [0.25, 0.3) is 5.91 Å². The Hall–Kier alpha value is -2.49. The van der Waals surface area contributed by atoms with Crippen LogP contribution in [0.5, 0.6) is 11.5 Å². The molecular formula is C16H17NO3. The average molecular weight is 271 g/mol. The zero-order valence-electron chi connectivity index (χ0n) is 11.8. The molecular weight excluding hydrogens is 254 g/mol. The lowest BCUT2D eigenvalue weighted by Crippen LogP contribution is -2.14. The normalized spacial score (nSPS) is 9.95. The number of rotatable bonds is 4. The van der Waals surface area contributed by atoms with Crippen LogP contribution in [-0.2, 0) is 0 Å². The van der Waals surface area contributed by atoms with Gasteiger partial charge >= 0.3 is 0 Å². The number of benzene rings is 2. The van der Waals surface area contributed by atoms with E-state index < -0.39 is 0 Å². The predicted octanol–water partition coefficient (Wildman–Crippen LogP) is 3.26. The zero-order valence-corrected chi connectivity index (χ0v) is 11.8. The van der Waals surface area contributed by atoms with Gasteiger partial charge in [0, 0.05) is 5.69 Å². The third-order valence-electron chi connectivity index (χ3n) is 2.96. The smallest absolute Gasteiger partial charge is 0.263 e. The number of amides is 1. The van der Waals surface area contributed by atoms with Crippen molar-refractivity contribution in [2.24, 2.45) is 0 Å². The molecule has 0 spiro atoms. The third kappa shape index (κ3) is 2.91. The second-order valence-corrected chi connectivity index (χ2v) is 4.36. The Morgan fingerprint density at radius 3 is 2.00 bits per heavy atom. The summed E-state index contributed by atoms with van der Waals surface area (Å²) >= 11 is 0. The highest BCUT2D eigenvalue weighted by molar-refractivity contribution is 6.08. The highest BCUT2D eigenvalue weighted by atomic mass is 16.5. The van der Waals surface area contributed by atoms with Gasteiger partial charge in [-0.05, 0) is 31.2 Å². The third-order valence-corrected chi connectivity index (χ3v) is 2.96. The second kappa shape index (κ2) is 6.10. The number of carbonyl (C=O) groups excluding carboxylic acids is 1. The molecule has 0 aliphatic heterocycles. The van der Waals surface area contributed by atoms with Crippen molar-refractivity contribution in [2.45, 2.75) is 6.92 Å². The summed E-state index contributed by atoms with van der Waals surface area (Å²) in [4.78, 5) is 12.4. The molecule has 0 heterocycles. The van der Waals surface area contributed by atoms with Crippen molar-refractivity contribution >= 4 is 11.6 Å². The lowest BCUT2D eigenvalue weighted by molar-refractivity contribution is 0.102. The quantitative estimate of drug-likeness (QED) is 0.928. The summed E-state index contributed by atoms with van der Waals surface area (Å²) in [6, 6.07) is 12.8. The largest absolute Gasteiger partial charge is 0.496 e. The van der Waals surface area contributed by atoms with Crippen molar-refractivity contribution in [2.75, 3.05) is 19.5 Å². The maximum atomic E-state index is 12.4. The lowest BCUT2D eigenvalue weighted by atomic mass is 10.1. The Balaban J connectivity index is 2.31. The average Bonchev–Trinajstić information content (AvgIpc) is 2.48. The fraction of sp³-hybridized carbons (Fsp3) is 0.188. The van der Waals surface area contributed by atoms with Crippen molar-refractivity contribution in [3.63, 3.8) is 0 Å². The highest BCUT2D eigenvalue weighted by Crippen LogP contribution is 2.29. The topological polar surface area (TPSA) is 47.6 Å². The summed E-state index contributed by atoms with van der Waals surface area (Å²) in [6.45, 7) is 1.99. The molecule has 0 aromatic heterocycles. The standard InChI is InChI=1S/C16H17NO3/c1-11-7-9-12(10-8-11)17-16(18)15-13(19-2)5-4-6-14(15)20-3/h4-10H,1-3H3,(H,17,18). The molecule has 4 nitrogen and oxygen atoms in total. The van der Waals surface area contributed by atoms with Gasteiger partial charge in [-0.2, -0.15) is 0 Å². The number of anilines is 1. The van der Waals surface area contributed by atoms with Gasteiger partial charge in [-0.25, -0.2) is 0 Å². The Kier molecular flexibility index (Phi) is 4.25. The fourth-order valence-electron chi connectivity index (χ4n) is 1.91. The molecule has 2 aromatic carbocycles. The molecule has 0 saturated carbocycles. The molecule has 0 radical (unpaired) electrons. The number of hydrogen-bond acceptors (Lipinski definition) is 3. The summed E-state index contributed by atoms with van der Waals surface area (Å²) in [5.74, 6) is 0.700. The molecule has 0 aliphatic carbocycles. The minimum absolute atomic E-state index is 0.261. The molecule has 0 bridgehead atoms. The highest BCUT2D eigenvalue weighted by Gasteiger charge is 2.18. The molecule has 0 atom stereocenters. The van der Waals surface area contributed by atoms with Crippen LogP contribution in [0.2, 0.25) is 0 Å². The van der Waals surface area contributed by atoms with Crippen molar-refractivity contribution in [1.29, 1.82) is 0 Å². The van der Waals surface area contributed by atoms with Crippen LogP contribution in [0, 0.1) is 6.92 Å². The van der Waals surface area contributed by atoms with Crippen LogP contribution < -0.4 is 14.8 Å². The van der Waals surface area contributed by atoms with Crippen molar-refractivity contribution in [3.05, 3.63) is 53.6 Å². The van der Waals surface area contributed by atoms with E-state index in [4.69, 9.17) is 9.47 Å². The second-order valence-electron chi connectivity index (χ2n) is 4.36. The monoisotopic (exact) mass is 271 g/mol. The van der Waals surface area contributed by atoms with Crippen LogP contribution in [0.3, 0.4) is 0 Å². The minimum atomic E-state index is -0.261. The van der Waals surface area contributed by atoms with Crippen molar-refractivity contribution in [3.8, 4) is 11.5 Å². The first kappa shape index (κ1) is 13.9. The summed E-state index contributed by atoms with van der Waals surface area (Å²) < 4.78 is 10.4. The van der Waals surface area contributed by atoms with Crippen LogP contribution in [-0.4, -0.2) is 20.1 Å². The molecule has 2 aromatic rings. The Bertz CT molecular complexity index is 583. The molecule has 1 N–H and O–H groups in total. The molecule has 104 valence electrons. The first-order chi connectivity index (χ1) is 9.65. The Labute approximate surface area is 118 Å². The lowest BCUT2D eigenvalue weighted by Gasteiger charge is -2.13. The summed E-state index contributed by atoms with van der Waals surface area (Å²) in [7, 11) is 3.05. The molecule has 0 unspecified atom stereocenters. The summed E-state index contributed by atoms with van der Waals surface area (Å²) in [5, 5.41) is 2.84. The van der Waals surface area contributed by atoms with E-state index in [9.17, 15) is 4.79 Å². The van der Waals surface area contributed by atoms with Gasteiger partial charge in [0.15, 0.2) is 0 Å². The number of nitrogens with one attached hydrogen (secondary N) is 1. The Morgan fingerprint density at radius 2 is 1.50 bits per heavy atom. The summed E-state index contributed by atoms with van der Waals surface area (Å²) in [5.41, 5.74) is 2.25. The van der Waals surface area contributed by atoms with E-state index in [0.717, 1.165) is 11.3 Å². The summed E-state index contributed by atoms with van der Waals surface area (Å²) in [6.07, 6.45) is 0. The molecule has 20 heavy (non-hydrogen) atoms. The van der Waals surface area contributed by atoms with E-state index in [-0.39, 0.29) is 5.91 Å². The van der Waals surface area contributed by atoms with Crippen LogP contribution in [0.1, 0.15) is 15.9 Å². The molecule has 2 rings (SSSR count). The number of ether oxygens (including phenoxy) is 2. The zero-order chi connectivity index (χ0) is 14.5. The molecule has 0 saturated heterocycles. The molecule has 4 heteroatoms. The number of methoxy groups -OCH3 is 2. The number of carbonyl (C=O) groups is 1. The van der Waals surface area contributed by atoms with E-state index in [1.54, 1.807) is 18.2 Å². The minimum Gasteiger partial charge on any atom is -0.496 e. The van der Waals surface area contributed by atoms with E-state index in [2.05, 4.69) is 5.32 Å². The van der Waals surface area contributed by atoms with Crippen molar-refractivity contribution in [1.82, 2.24) is 0 Å². The van der Waals surface area contributed by atoms with Crippen LogP contribution in [0.25, 0.3) is 0 Å². The van der Waals surface area contributed by atoms with Gasteiger partial charge in [0.05, 0.1) is 14.2 Å². The maximum Gasteiger partial charge on any atom is 0.263 e. The van der Waals surface area contributed by atoms with Gasteiger partial charge in [-0.3, -0.25) is 4.79 Å². The number of hydrogen-bond donors (Lipinski definition) is 1. The van der Waals surface area contributed by atoms with Crippen LogP contribution in [0.15, 0.2) is 42.5 Å². The van der Waals surface area contributed by atoms with Crippen LogP contribution in [0.4, 0.5) is 5.69 Å². The van der Waals surface area contributed by atoms with Crippen molar-refractivity contribution < 1.29 is 14.3 Å².